The van der Waals surface area contributed by atoms with Crippen molar-refractivity contribution >= 4 is 0 Å². The third-order valence-corrected chi connectivity index (χ3v) is 4.27. The molecule has 0 N–H and O–H groups in total. The van der Waals surface area contributed by atoms with Gasteiger partial charge in [0, 0.05) is 11.8 Å². The van der Waals surface area contributed by atoms with Crippen LogP contribution in [-0.4, -0.2) is 4.98 Å². The predicted molar refractivity (Wildman–Crippen MR) is 93.0 cm³/mol. The average molecular weight is 287 g/mol. The second-order valence-electron chi connectivity index (χ2n) is 5.74. The summed E-state index contributed by atoms with van der Waals surface area (Å²) < 4.78 is 0. The Balaban J connectivity index is 1.96. The van der Waals surface area contributed by atoms with E-state index in [1.807, 2.05) is 12.3 Å². The van der Waals surface area contributed by atoms with Crippen LogP contribution in [0.25, 0.3) is 11.3 Å². The van der Waals surface area contributed by atoms with Crippen LogP contribution in [0.3, 0.4) is 0 Å². The SMILES string of the molecule is Cc1cnc(-c2ccccc2)c(CCc2ccccc2)c1C. The van der Waals surface area contributed by atoms with Crippen molar-refractivity contribution in [3.8, 4) is 11.3 Å². The highest BCUT2D eigenvalue weighted by molar-refractivity contribution is 5.65. The van der Waals surface area contributed by atoms with Gasteiger partial charge in [-0.25, -0.2) is 0 Å². The van der Waals surface area contributed by atoms with Gasteiger partial charge < -0.3 is 0 Å². The van der Waals surface area contributed by atoms with Gasteiger partial charge >= 0.3 is 0 Å². The molecule has 0 bridgehead atoms. The van der Waals surface area contributed by atoms with Gasteiger partial charge in [0.15, 0.2) is 0 Å². The molecule has 0 aliphatic carbocycles. The molecule has 3 aromatic rings. The van der Waals surface area contributed by atoms with Gasteiger partial charge in [-0.3, -0.25) is 4.98 Å². The fraction of sp³-hybridized carbons (Fsp3) is 0.190. The maximum Gasteiger partial charge on any atom is 0.0736 e. The molecule has 0 aliphatic heterocycles. The number of pyridine rings is 1. The molecule has 0 saturated carbocycles. The molecule has 1 heteroatoms. The van der Waals surface area contributed by atoms with Crippen LogP contribution in [0, 0.1) is 13.8 Å². The third-order valence-electron chi connectivity index (χ3n) is 4.27. The Morgan fingerprint density at radius 3 is 2.09 bits per heavy atom. The summed E-state index contributed by atoms with van der Waals surface area (Å²) >= 11 is 0. The van der Waals surface area contributed by atoms with E-state index in [2.05, 4.69) is 68.4 Å². The van der Waals surface area contributed by atoms with E-state index in [0.29, 0.717) is 0 Å². The number of rotatable bonds is 4. The van der Waals surface area contributed by atoms with Crippen LogP contribution in [0.15, 0.2) is 66.9 Å². The van der Waals surface area contributed by atoms with E-state index < -0.39 is 0 Å². The van der Waals surface area contributed by atoms with Crippen LogP contribution in [0.2, 0.25) is 0 Å². The van der Waals surface area contributed by atoms with Gasteiger partial charge in [-0.2, -0.15) is 0 Å². The molecule has 0 radical (unpaired) electrons. The van der Waals surface area contributed by atoms with Gasteiger partial charge in [0.2, 0.25) is 0 Å². The van der Waals surface area contributed by atoms with E-state index in [1.165, 1.54) is 27.8 Å². The lowest BCUT2D eigenvalue weighted by atomic mass is 9.94. The molecule has 0 spiro atoms. The third kappa shape index (κ3) is 3.09. The van der Waals surface area contributed by atoms with Crippen molar-refractivity contribution in [3.63, 3.8) is 0 Å². The van der Waals surface area contributed by atoms with Crippen LogP contribution in [0.4, 0.5) is 0 Å². The van der Waals surface area contributed by atoms with Gasteiger partial charge in [0.1, 0.15) is 0 Å². The van der Waals surface area contributed by atoms with Crippen LogP contribution in [0.5, 0.6) is 0 Å². The van der Waals surface area contributed by atoms with Crippen molar-refractivity contribution in [2.24, 2.45) is 0 Å². The van der Waals surface area contributed by atoms with Crippen molar-refractivity contribution in [2.45, 2.75) is 26.7 Å². The Morgan fingerprint density at radius 2 is 1.41 bits per heavy atom. The second kappa shape index (κ2) is 6.57. The van der Waals surface area contributed by atoms with Crippen molar-refractivity contribution in [2.75, 3.05) is 0 Å². The molecular weight excluding hydrogens is 266 g/mol. The zero-order valence-electron chi connectivity index (χ0n) is 13.2. The molecule has 0 atom stereocenters. The first kappa shape index (κ1) is 14.5. The monoisotopic (exact) mass is 287 g/mol. The molecule has 1 nitrogen and oxygen atoms in total. The molecule has 1 heterocycles. The lowest BCUT2D eigenvalue weighted by Gasteiger charge is -2.14. The summed E-state index contributed by atoms with van der Waals surface area (Å²) in [5, 5.41) is 0. The highest BCUT2D eigenvalue weighted by Gasteiger charge is 2.11. The molecule has 0 amide bonds. The maximum absolute atomic E-state index is 4.72. The Labute approximate surface area is 132 Å². The standard InChI is InChI=1S/C21H21N/c1-16-15-22-21(19-11-7-4-8-12-19)20(17(16)2)14-13-18-9-5-3-6-10-18/h3-12,15H,13-14H2,1-2H3. The van der Waals surface area contributed by atoms with Crippen molar-refractivity contribution in [1.29, 1.82) is 0 Å². The summed E-state index contributed by atoms with van der Waals surface area (Å²) in [6.45, 7) is 4.35. The van der Waals surface area contributed by atoms with E-state index in [9.17, 15) is 0 Å². The number of aryl methyl sites for hydroxylation is 2. The highest BCUT2D eigenvalue weighted by Crippen LogP contribution is 2.26. The fourth-order valence-electron chi connectivity index (χ4n) is 2.82. The molecule has 3 rings (SSSR count). The summed E-state index contributed by atoms with van der Waals surface area (Å²) in [5.74, 6) is 0. The van der Waals surface area contributed by atoms with E-state index in [1.54, 1.807) is 0 Å². The minimum atomic E-state index is 1.02. The van der Waals surface area contributed by atoms with Gasteiger partial charge in [0.05, 0.1) is 5.69 Å². The van der Waals surface area contributed by atoms with Crippen LogP contribution >= 0.6 is 0 Å². The number of hydrogen-bond donors (Lipinski definition) is 0. The predicted octanol–water partition coefficient (Wildman–Crippen LogP) is 5.15. The van der Waals surface area contributed by atoms with Gasteiger partial charge in [-0.05, 0) is 48.9 Å². The molecule has 22 heavy (non-hydrogen) atoms. The minimum Gasteiger partial charge on any atom is -0.256 e. The van der Waals surface area contributed by atoms with Crippen molar-refractivity contribution < 1.29 is 0 Å². The Morgan fingerprint density at radius 1 is 0.773 bits per heavy atom. The number of nitrogens with zero attached hydrogens (tertiary/aromatic N) is 1. The largest absolute Gasteiger partial charge is 0.256 e. The van der Waals surface area contributed by atoms with Gasteiger partial charge in [0.25, 0.3) is 0 Å². The first-order valence-corrected chi connectivity index (χ1v) is 7.80. The number of benzene rings is 2. The maximum atomic E-state index is 4.72. The Hall–Kier alpha value is -2.41. The molecule has 0 unspecified atom stereocenters. The molecule has 110 valence electrons. The Kier molecular flexibility index (Phi) is 4.34. The summed E-state index contributed by atoms with van der Waals surface area (Å²) in [6, 6.07) is 21.2. The summed E-state index contributed by atoms with van der Waals surface area (Å²) in [4.78, 5) is 4.72. The van der Waals surface area contributed by atoms with Crippen LogP contribution in [-0.2, 0) is 12.8 Å². The molecule has 0 fully saturated rings. The number of aromatic nitrogens is 1. The van der Waals surface area contributed by atoms with E-state index in [4.69, 9.17) is 4.98 Å². The minimum absolute atomic E-state index is 1.02. The normalized spacial score (nSPS) is 10.6. The quantitative estimate of drug-likeness (QED) is 0.646. The zero-order chi connectivity index (χ0) is 15.4. The lowest BCUT2D eigenvalue weighted by Crippen LogP contribution is -2.02. The smallest absolute Gasteiger partial charge is 0.0736 e. The van der Waals surface area contributed by atoms with Crippen molar-refractivity contribution in [3.05, 3.63) is 89.1 Å². The molecular formula is C21H21N. The van der Waals surface area contributed by atoms with Gasteiger partial charge in [-0.15, -0.1) is 0 Å². The van der Waals surface area contributed by atoms with Gasteiger partial charge in [-0.1, -0.05) is 60.7 Å². The summed E-state index contributed by atoms with van der Waals surface area (Å²) in [7, 11) is 0. The first-order valence-electron chi connectivity index (χ1n) is 7.80. The lowest BCUT2D eigenvalue weighted by molar-refractivity contribution is 0.935. The topological polar surface area (TPSA) is 12.9 Å². The average Bonchev–Trinajstić information content (AvgIpc) is 2.58. The second-order valence-corrected chi connectivity index (χ2v) is 5.74. The molecule has 0 aliphatic rings. The molecule has 0 saturated heterocycles. The zero-order valence-corrected chi connectivity index (χ0v) is 13.2. The molecule has 1 aromatic heterocycles. The fourth-order valence-corrected chi connectivity index (χ4v) is 2.82. The highest BCUT2D eigenvalue weighted by atomic mass is 14.7. The van der Waals surface area contributed by atoms with E-state index in [-0.39, 0.29) is 0 Å². The van der Waals surface area contributed by atoms with Crippen LogP contribution < -0.4 is 0 Å². The Bertz CT molecular complexity index is 746. The van der Waals surface area contributed by atoms with Crippen molar-refractivity contribution in [1.82, 2.24) is 4.98 Å². The summed E-state index contributed by atoms with van der Waals surface area (Å²) in [6.07, 6.45) is 4.06. The summed E-state index contributed by atoms with van der Waals surface area (Å²) in [5.41, 5.74) is 7.71. The van der Waals surface area contributed by atoms with E-state index in [0.717, 1.165) is 18.5 Å². The number of hydrogen-bond acceptors (Lipinski definition) is 1. The van der Waals surface area contributed by atoms with E-state index >= 15 is 0 Å². The first-order chi connectivity index (χ1) is 10.8. The van der Waals surface area contributed by atoms with Crippen LogP contribution in [0.1, 0.15) is 22.3 Å². The molecule has 2 aromatic carbocycles.